The van der Waals surface area contributed by atoms with Crippen molar-refractivity contribution in [1.82, 2.24) is 9.29 Å². The van der Waals surface area contributed by atoms with Crippen LogP contribution in [0.5, 0.6) is 5.75 Å². The molecule has 0 radical (unpaired) electrons. The predicted molar refractivity (Wildman–Crippen MR) is 102 cm³/mol. The van der Waals surface area contributed by atoms with Crippen LogP contribution in [0.15, 0.2) is 47.5 Å². The fourth-order valence-electron chi connectivity index (χ4n) is 2.90. The number of aryl methyl sites for hydroxylation is 1. The molecule has 7 heteroatoms. The summed E-state index contributed by atoms with van der Waals surface area (Å²) in [7, 11) is -3.40. The van der Waals surface area contributed by atoms with Gasteiger partial charge in [-0.15, -0.1) is 0 Å². The maximum atomic E-state index is 12.5. The number of hydrogen-bond acceptors (Lipinski definition) is 5. The highest BCUT2D eigenvalue weighted by Gasteiger charge is 2.27. The highest BCUT2D eigenvalue weighted by molar-refractivity contribution is 7.89. The van der Waals surface area contributed by atoms with E-state index in [-0.39, 0.29) is 4.90 Å². The van der Waals surface area contributed by atoms with E-state index < -0.39 is 10.0 Å². The van der Waals surface area contributed by atoms with Crippen LogP contribution >= 0.6 is 0 Å². The van der Waals surface area contributed by atoms with E-state index in [0.29, 0.717) is 32.1 Å². The van der Waals surface area contributed by atoms with E-state index >= 15 is 0 Å². The van der Waals surface area contributed by atoms with E-state index in [1.165, 1.54) is 16.1 Å². The van der Waals surface area contributed by atoms with Crippen molar-refractivity contribution in [2.24, 2.45) is 0 Å². The molecule has 1 aromatic heterocycles. The Bertz CT molecular complexity index is 816. The third-order valence-corrected chi connectivity index (χ3v) is 6.21. The number of sulfonamides is 1. The lowest BCUT2D eigenvalue weighted by molar-refractivity contribution is 0.315. The summed E-state index contributed by atoms with van der Waals surface area (Å²) in [5.41, 5.74) is 1.17. The molecule has 1 N–H and O–H groups in total. The van der Waals surface area contributed by atoms with Gasteiger partial charge in [-0.2, -0.15) is 4.31 Å². The molecule has 0 amide bonds. The van der Waals surface area contributed by atoms with Gasteiger partial charge in [0.25, 0.3) is 0 Å². The summed E-state index contributed by atoms with van der Waals surface area (Å²) < 4.78 is 32.1. The van der Waals surface area contributed by atoms with Crippen LogP contribution in [0.3, 0.4) is 0 Å². The van der Waals surface area contributed by atoms with E-state index in [2.05, 4.69) is 10.3 Å². The summed E-state index contributed by atoms with van der Waals surface area (Å²) in [6.07, 6.45) is 4.11. The molecule has 6 nitrogen and oxygen atoms in total. The summed E-state index contributed by atoms with van der Waals surface area (Å²) in [6.45, 7) is 4.55. The van der Waals surface area contributed by atoms with Crippen LogP contribution < -0.4 is 10.1 Å². The van der Waals surface area contributed by atoms with Crippen LogP contribution in [0, 0.1) is 6.92 Å². The standard InChI is InChI=1S/C19H25N3O3S/c1-16-6-4-7-17(14-16)25-13-5-10-20-19-9-8-18(15-21-19)26(23,24)22-11-2-3-12-22/h4,6-9,14-15H,2-3,5,10-13H2,1H3,(H,20,21). The summed E-state index contributed by atoms with van der Waals surface area (Å²) in [5.74, 6) is 1.54. The average Bonchev–Trinajstić information content (AvgIpc) is 3.17. The van der Waals surface area contributed by atoms with E-state index in [4.69, 9.17) is 4.74 Å². The summed E-state index contributed by atoms with van der Waals surface area (Å²) in [5, 5.41) is 3.19. The highest BCUT2D eigenvalue weighted by Crippen LogP contribution is 2.21. The second-order valence-electron chi connectivity index (χ2n) is 6.44. The fourth-order valence-corrected chi connectivity index (χ4v) is 4.36. The molecule has 0 bridgehead atoms. The molecule has 0 spiro atoms. The van der Waals surface area contributed by atoms with Crippen molar-refractivity contribution in [2.75, 3.05) is 31.6 Å². The molecule has 3 rings (SSSR count). The number of nitrogens with zero attached hydrogens (tertiary/aromatic N) is 2. The molecule has 1 aliphatic heterocycles. The van der Waals surface area contributed by atoms with Gasteiger partial charge in [0.1, 0.15) is 16.5 Å². The second-order valence-corrected chi connectivity index (χ2v) is 8.37. The van der Waals surface area contributed by atoms with Crippen molar-refractivity contribution in [3.8, 4) is 5.75 Å². The first-order valence-electron chi connectivity index (χ1n) is 8.95. The van der Waals surface area contributed by atoms with Gasteiger partial charge in [-0.05, 0) is 56.0 Å². The van der Waals surface area contributed by atoms with Crippen LogP contribution in [0.4, 0.5) is 5.82 Å². The molecular weight excluding hydrogens is 350 g/mol. The number of aromatic nitrogens is 1. The zero-order valence-corrected chi connectivity index (χ0v) is 15.8. The van der Waals surface area contributed by atoms with E-state index in [9.17, 15) is 8.42 Å². The van der Waals surface area contributed by atoms with Gasteiger partial charge < -0.3 is 10.1 Å². The van der Waals surface area contributed by atoms with Crippen LogP contribution in [0.1, 0.15) is 24.8 Å². The lowest BCUT2D eigenvalue weighted by Crippen LogP contribution is -2.27. The molecule has 26 heavy (non-hydrogen) atoms. The Morgan fingerprint density at radius 2 is 2.00 bits per heavy atom. The highest BCUT2D eigenvalue weighted by atomic mass is 32.2. The normalized spacial score (nSPS) is 15.1. The Labute approximate surface area is 155 Å². The minimum atomic E-state index is -3.40. The van der Waals surface area contributed by atoms with E-state index in [1.807, 2.05) is 31.2 Å². The van der Waals surface area contributed by atoms with Gasteiger partial charge in [0.2, 0.25) is 10.0 Å². The number of ether oxygens (including phenoxy) is 1. The molecule has 1 aliphatic rings. The topological polar surface area (TPSA) is 71.5 Å². The summed E-state index contributed by atoms with van der Waals surface area (Å²) in [4.78, 5) is 4.48. The van der Waals surface area contributed by atoms with Crippen molar-refractivity contribution in [3.63, 3.8) is 0 Å². The van der Waals surface area contributed by atoms with Crippen molar-refractivity contribution >= 4 is 15.8 Å². The number of rotatable bonds is 8. The average molecular weight is 375 g/mol. The van der Waals surface area contributed by atoms with Crippen LogP contribution in [-0.2, 0) is 10.0 Å². The lowest BCUT2D eigenvalue weighted by Gasteiger charge is -2.15. The zero-order chi connectivity index (χ0) is 18.4. The van der Waals surface area contributed by atoms with E-state index in [0.717, 1.165) is 25.0 Å². The number of anilines is 1. The van der Waals surface area contributed by atoms with Gasteiger partial charge in [-0.1, -0.05) is 12.1 Å². The molecule has 140 valence electrons. The third kappa shape index (κ3) is 4.74. The molecule has 2 heterocycles. The Morgan fingerprint density at radius 1 is 1.19 bits per heavy atom. The molecule has 0 saturated carbocycles. The second kappa shape index (κ2) is 8.51. The first kappa shape index (κ1) is 18.7. The molecule has 0 unspecified atom stereocenters. The van der Waals surface area contributed by atoms with Gasteiger partial charge in [0, 0.05) is 25.8 Å². The minimum absolute atomic E-state index is 0.257. The number of nitrogens with one attached hydrogen (secondary N) is 1. The first-order valence-corrected chi connectivity index (χ1v) is 10.4. The molecule has 1 fully saturated rings. The predicted octanol–water partition coefficient (Wildman–Crippen LogP) is 3.06. The Hall–Kier alpha value is -2.12. The largest absolute Gasteiger partial charge is 0.494 e. The summed E-state index contributed by atoms with van der Waals surface area (Å²) >= 11 is 0. The third-order valence-electron chi connectivity index (χ3n) is 4.32. The van der Waals surface area contributed by atoms with Gasteiger partial charge in [-0.25, -0.2) is 13.4 Å². The van der Waals surface area contributed by atoms with Gasteiger partial charge in [0.15, 0.2) is 0 Å². The van der Waals surface area contributed by atoms with Crippen molar-refractivity contribution in [1.29, 1.82) is 0 Å². The molecule has 1 saturated heterocycles. The van der Waals surface area contributed by atoms with Gasteiger partial charge in [0.05, 0.1) is 6.61 Å². The van der Waals surface area contributed by atoms with Crippen molar-refractivity contribution in [2.45, 2.75) is 31.1 Å². The fraction of sp³-hybridized carbons (Fsp3) is 0.421. The monoisotopic (exact) mass is 375 g/mol. The van der Waals surface area contributed by atoms with Crippen molar-refractivity contribution in [3.05, 3.63) is 48.2 Å². The Balaban J connectivity index is 1.44. The quantitative estimate of drug-likeness (QED) is 0.718. The Morgan fingerprint density at radius 3 is 2.69 bits per heavy atom. The molecule has 0 aliphatic carbocycles. The SMILES string of the molecule is Cc1cccc(OCCCNc2ccc(S(=O)(=O)N3CCCC3)cn2)c1. The zero-order valence-electron chi connectivity index (χ0n) is 15.0. The molecular formula is C19H25N3O3S. The van der Waals surface area contributed by atoms with Crippen LogP contribution in [-0.4, -0.2) is 43.9 Å². The maximum absolute atomic E-state index is 12.5. The molecule has 2 aromatic rings. The van der Waals surface area contributed by atoms with Crippen molar-refractivity contribution < 1.29 is 13.2 Å². The van der Waals surface area contributed by atoms with Gasteiger partial charge >= 0.3 is 0 Å². The molecule has 1 aromatic carbocycles. The van der Waals surface area contributed by atoms with E-state index in [1.54, 1.807) is 12.1 Å². The van der Waals surface area contributed by atoms with Gasteiger partial charge in [-0.3, -0.25) is 0 Å². The first-order chi connectivity index (χ1) is 12.6. The Kier molecular flexibility index (Phi) is 6.11. The lowest BCUT2D eigenvalue weighted by atomic mass is 10.2. The van der Waals surface area contributed by atoms with Crippen LogP contribution in [0.25, 0.3) is 0 Å². The number of benzene rings is 1. The van der Waals surface area contributed by atoms with Crippen LogP contribution in [0.2, 0.25) is 0 Å². The molecule has 0 atom stereocenters. The smallest absolute Gasteiger partial charge is 0.244 e. The minimum Gasteiger partial charge on any atom is -0.494 e. The maximum Gasteiger partial charge on any atom is 0.244 e. The number of hydrogen-bond donors (Lipinski definition) is 1. The number of pyridine rings is 1. The summed E-state index contributed by atoms with van der Waals surface area (Å²) in [6, 6.07) is 11.3.